The number of hydrogen-bond acceptors (Lipinski definition) is 7. The Kier molecular flexibility index (Phi) is 8.63. The minimum atomic E-state index is -0.128. The van der Waals surface area contributed by atoms with Crippen molar-refractivity contribution in [1.82, 2.24) is 14.8 Å². The molecule has 2 aromatic carbocycles. The van der Waals surface area contributed by atoms with Gasteiger partial charge in [-0.1, -0.05) is 55.3 Å². The molecule has 8 nitrogen and oxygen atoms in total. The molecule has 0 unspecified atom stereocenters. The first-order valence-corrected chi connectivity index (χ1v) is 12.8. The van der Waals surface area contributed by atoms with Gasteiger partial charge in [0.1, 0.15) is 12.3 Å². The molecule has 3 aromatic rings. The number of anilines is 2. The monoisotopic (exact) mass is 490 g/mol. The first-order valence-electron chi connectivity index (χ1n) is 11.9. The maximum absolute atomic E-state index is 13.0. The molecular weight excluding hydrogens is 460 g/mol. The molecule has 1 aliphatic rings. The molecule has 182 valence electrons. The van der Waals surface area contributed by atoms with E-state index in [-0.39, 0.29) is 18.2 Å². The van der Waals surface area contributed by atoms with Crippen LogP contribution in [0, 0.1) is 11.3 Å². The highest BCUT2D eigenvalue weighted by atomic mass is 32.2. The molecule has 35 heavy (non-hydrogen) atoms. The molecule has 1 N–H and O–H groups in total. The number of rotatable bonds is 10. The van der Waals surface area contributed by atoms with Crippen LogP contribution in [-0.2, 0) is 11.3 Å². The Labute approximate surface area is 210 Å². The molecule has 1 heterocycles. The van der Waals surface area contributed by atoms with Gasteiger partial charge < -0.3 is 14.6 Å². The molecule has 4 rings (SSSR count). The summed E-state index contributed by atoms with van der Waals surface area (Å²) >= 11 is 1.39. The average Bonchev–Trinajstić information content (AvgIpc) is 3.33. The van der Waals surface area contributed by atoms with Crippen molar-refractivity contribution in [3.63, 3.8) is 0 Å². The van der Waals surface area contributed by atoms with E-state index >= 15 is 0 Å². The van der Waals surface area contributed by atoms with E-state index in [2.05, 4.69) is 26.2 Å². The minimum absolute atomic E-state index is 0.00836. The smallest absolute Gasteiger partial charge is 0.238 e. The van der Waals surface area contributed by atoms with Crippen LogP contribution < -0.4 is 15.0 Å². The summed E-state index contributed by atoms with van der Waals surface area (Å²) in [5.74, 6) is 1.70. The molecule has 9 heteroatoms. The Balaban J connectivity index is 1.50. The molecule has 0 atom stereocenters. The van der Waals surface area contributed by atoms with Crippen LogP contribution in [0.1, 0.15) is 44.0 Å². The van der Waals surface area contributed by atoms with Crippen molar-refractivity contribution in [3.8, 4) is 11.8 Å². The number of nitriles is 1. The lowest BCUT2D eigenvalue weighted by Crippen LogP contribution is -2.32. The van der Waals surface area contributed by atoms with Crippen LogP contribution in [-0.4, -0.2) is 40.1 Å². The Morgan fingerprint density at radius 1 is 1.17 bits per heavy atom. The standard InChI is InChI=1S/C26H30N6O2S/c1-34-23-14-8-9-20(17-23)28-18-24-29-30-26(32(24)22-12-6-3-7-13-22)35-19-25(33)31(16-15-27)21-10-4-2-5-11-21/h2,4-5,8-11,14,17,22,28H,3,6-7,12-13,16,18-19H2,1H3. The first kappa shape index (κ1) is 24.6. The number of benzene rings is 2. The van der Waals surface area contributed by atoms with E-state index in [1.165, 1.54) is 35.9 Å². The average molecular weight is 491 g/mol. The van der Waals surface area contributed by atoms with Gasteiger partial charge in [-0.3, -0.25) is 9.69 Å². The Bertz CT molecular complexity index is 1150. The van der Waals surface area contributed by atoms with Crippen LogP contribution in [0.2, 0.25) is 0 Å². The third-order valence-corrected chi connectivity index (χ3v) is 7.05. The zero-order chi connectivity index (χ0) is 24.5. The fourth-order valence-electron chi connectivity index (χ4n) is 4.35. The van der Waals surface area contributed by atoms with Crippen molar-refractivity contribution in [1.29, 1.82) is 5.26 Å². The van der Waals surface area contributed by atoms with Crippen molar-refractivity contribution in [2.45, 2.75) is 49.8 Å². The first-order chi connectivity index (χ1) is 17.2. The fraction of sp³-hybridized carbons (Fsp3) is 0.385. The van der Waals surface area contributed by atoms with Gasteiger partial charge in [-0.15, -0.1) is 10.2 Å². The molecular formula is C26H30N6O2S. The number of para-hydroxylation sites is 1. The van der Waals surface area contributed by atoms with Crippen molar-refractivity contribution >= 4 is 29.0 Å². The summed E-state index contributed by atoms with van der Waals surface area (Å²) in [6.07, 6.45) is 5.76. The normalized spacial score (nSPS) is 13.7. The second kappa shape index (κ2) is 12.3. The fourth-order valence-corrected chi connectivity index (χ4v) is 5.25. The van der Waals surface area contributed by atoms with Gasteiger partial charge in [0.25, 0.3) is 0 Å². The molecule has 1 saturated carbocycles. The van der Waals surface area contributed by atoms with Crippen molar-refractivity contribution in [2.24, 2.45) is 0 Å². The predicted octanol–water partition coefficient (Wildman–Crippen LogP) is 5.05. The third kappa shape index (κ3) is 6.34. The number of aromatic nitrogens is 3. The van der Waals surface area contributed by atoms with Gasteiger partial charge >= 0.3 is 0 Å². The summed E-state index contributed by atoms with van der Waals surface area (Å²) in [5, 5.41) is 22.4. The Morgan fingerprint density at radius 2 is 1.97 bits per heavy atom. The summed E-state index contributed by atoms with van der Waals surface area (Å²) in [7, 11) is 1.65. The zero-order valence-electron chi connectivity index (χ0n) is 19.9. The van der Waals surface area contributed by atoms with E-state index in [1.54, 1.807) is 7.11 Å². The number of thioether (sulfide) groups is 1. The van der Waals surface area contributed by atoms with E-state index in [4.69, 9.17) is 4.74 Å². The van der Waals surface area contributed by atoms with Crippen LogP contribution in [0.5, 0.6) is 5.75 Å². The minimum Gasteiger partial charge on any atom is -0.497 e. The molecule has 0 saturated heterocycles. The SMILES string of the molecule is COc1cccc(NCc2nnc(SCC(=O)N(CC#N)c3ccccc3)n2C2CCCCC2)c1. The predicted molar refractivity (Wildman–Crippen MR) is 138 cm³/mol. The van der Waals surface area contributed by atoms with Gasteiger partial charge in [-0.25, -0.2) is 0 Å². The molecule has 0 spiro atoms. The molecule has 0 bridgehead atoms. The highest BCUT2D eigenvalue weighted by Crippen LogP contribution is 2.33. The molecule has 1 amide bonds. The van der Waals surface area contributed by atoms with Crippen LogP contribution in [0.25, 0.3) is 0 Å². The number of amides is 1. The van der Waals surface area contributed by atoms with Crippen LogP contribution in [0.3, 0.4) is 0 Å². The largest absolute Gasteiger partial charge is 0.497 e. The highest BCUT2D eigenvalue weighted by molar-refractivity contribution is 7.99. The molecule has 1 aliphatic carbocycles. The second-order valence-corrected chi connectivity index (χ2v) is 9.35. The van der Waals surface area contributed by atoms with Crippen molar-refractivity contribution < 1.29 is 9.53 Å². The molecule has 1 fully saturated rings. The second-order valence-electron chi connectivity index (χ2n) is 8.41. The van der Waals surface area contributed by atoms with Crippen LogP contribution in [0.4, 0.5) is 11.4 Å². The van der Waals surface area contributed by atoms with E-state index in [9.17, 15) is 10.1 Å². The number of hydrogen-bond donors (Lipinski definition) is 1. The zero-order valence-corrected chi connectivity index (χ0v) is 20.7. The van der Waals surface area contributed by atoms with Crippen molar-refractivity contribution in [3.05, 3.63) is 60.4 Å². The lowest BCUT2D eigenvalue weighted by atomic mass is 9.95. The number of carbonyl (C=O) groups is 1. The van der Waals surface area contributed by atoms with Gasteiger partial charge in [-0.2, -0.15) is 5.26 Å². The summed E-state index contributed by atoms with van der Waals surface area (Å²) < 4.78 is 7.53. The third-order valence-electron chi connectivity index (χ3n) is 6.12. The topological polar surface area (TPSA) is 96.1 Å². The van der Waals surface area contributed by atoms with Gasteiger partial charge in [0.2, 0.25) is 5.91 Å². The Morgan fingerprint density at radius 3 is 2.71 bits per heavy atom. The summed E-state index contributed by atoms with van der Waals surface area (Å²) in [6.45, 7) is 0.532. The number of ether oxygens (including phenoxy) is 1. The number of nitrogens with one attached hydrogen (secondary N) is 1. The quantitative estimate of drug-likeness (QED) is 0.314. The highest BCUT2D eigenvalue weighted by Gasteiger charge is 2.24. The Hall–Kier alpha value is -3.51. The van der Waals surface area contributed by atoms with Gasteiger partial charge in [-0.05, 0) is 37.1 Å². The van der Waals surface area contributed by atoms with E-state index in [0.29, 0.717) is 12.6 Å². The molecule has 0 radical (unpaired) electrons. The molecule has 1 aromatic heterocycles. The number of methoxy groups -OCH3 is 1. The summed E-state index contributed by atoms with van der Waals surface area (Å²) in [6, 6.07) is 19.5. The maximum Gasteiger partial charge on any atom is 0.238 e. The van der Waals surface area contributed by atoms with Gasteiger partial charge in [0, 0.05) is 23.5 Å². The lowest BCUT2D eigenvalue weighted by molar-refractivity contribution is -0.116. The van der Waals surface area contributed by atoms with Gasteiger partial charge in [0.15, 0.2) is 11.0 Å². The summed E-state index contributed by atoms with van der Waals surface area (Å²) in [4.78, 5) is 14.6. The van der Waals surface area contributed by atoms with Gasteiger partial charge in [0.05, 0.1) is 25.5 Å². The number of carbonyl (C=O) groups excluding carboxylic acids is 1. The summed E-state index contributed by atoms with van der Waals surface area (Å²) in [5.41, 5.74) is 1.67. The molecule has 0 aliphatic heterocycles. The number of nitrogens with zero attached hydrogens (tertiary/aromatic N) is 5. The van der Waals surface area contributed by atoms with Crippen LogP contribution >= 0.6 is 11.8 Å². The van der Waals surface area contributed by atoms with E-state index in [0.717, 1.165) is 40.9 Å². The maximum atomic E-state index is 13.0. The lowest BCUT2D eigenvalue weighted by Gasteiger charge is -2.26. The van der Waals surface area contributed by atoms with Crippen LogP contribution in [0.15, 0.2) is 59.8 Å². The van der Waals surface area contributed by atoms with E-state index in [1.807, 2.05) is 54.6 Å². The van der Waals surface area contributed by atoms with Crippen molar-refractivity contribution in [2.75, 3.05) is 29.6 Å². The van der Waals surface area contributed by atoms with E-state index < -0.39 is 0 Å².